The van der Waals surface area contributed by atoms with Crippen molar-refractivity contribution in [3.63, 3.8) is 0 Å². The van der Waals surface area contributed by atoms with Crippen LogP contribution in [0.5, 0.6) is 0 Å². The van der Waals surface area contributed by atoms with Gasteiger partial charge in [0.2, 0.25) is 0 Å². The third-order valence-electron chi connectivity index (χ3n) is 2.98. The van der Waals surface area contributed by atoms with Crippen LogP contribution < -0.4 is 0 Å². The molecule has 0 radical (unpaired) electrons. The molecule has 100 valence electrons. The van der Waals surface area contributed by atoms with Crippen molar-refractivity contribution in [1.29, 1.82) is 0 Å². The Bertz CT molecular complexity index is 620. The number of hydrogen-bond donors (Lipinski definition) is 0. The van der Waals surface area contributed by atoms with Crippen LogP contribution in [0, 0.1) is 0 Å². The highest BCUT2D eigenvalue weighted by Crippen LogP contribution is 2.31. The van der Waals surface area contributed by atoms with E-state index >= 15 is 0 Å². The van der Waals surface area contributed by atoms with Gasteiger partial charge in [-0.3, -0.25) is 0 Å². The first-order chi connectivity index (χ1) is 9.18. The molecule has 0 saturated heterocycles. The summed E-state index contributed by atoms with van der Waals surface area (Å²) >= 11 is 0. The smallest absolute Gasteiger partial charge is 0.0778 e. The van der Waals surface area contributed by atoms with Crippen LogP contribution in [0.4, 0.5) is 0 Å². The van der Waals surface area contributed by atoms with Gasteiger partial charge in [0, 0.05) is 26.1 Å². The van der Waals surface area contributed by atoms with E-state index in [4.69, 9.17) is 2.74 Å². The molecule has 0 unspecified atom stereocenters. The largest absolute Gasteiger partial charge is 0.244 e. The molecule has 0 fully saturated rings. The van der Waals surface area contributed by atoms with Crippen molar-refractivity contribution in [3.05, 3.63) is 30.3 Å². The number of nitrogens with zero attached hydrogens (tertiary/aromatic N) is 1. The molecule has 2 nitrogen and oxygen atoms in total. The molecule has 1 heterocycles. The van der Waals surface area contributed by atoms with Crippen molar-refractivity contribution in [3.8, 4) is 0 Å². The highest BCUT2D eigenvalue weighted by atomic mass is 32.2. The fraction of sp³-hybridized carbons (Fsp3) is 0.571. The maximum absolute atomic E-state index is 13.5. The monoisotopic (exact) mass is 283 g/mol. The first kappa shape index (κ1) is 11.2. The van der Waals surface area contributed by atoms with Crippen molar-refractivity contribution in [2.75, 3.05) is 6.54 Å². The van der Waals surface area contributed by atoms with Crippen LogP contribution in [0.1, 0.15) is 15.6 Å². The average molecular weight is 284 g/mol. The van der Waals surface area contributed by atoms with Gasteiger partial charge in [-0.15, -0.1) is 0 Å². The number of benzene rings is 1. The molecule has 0 bridgehead atoms. The normalized spacial score (nSPS) is 34.4. The molecule has 18 heavy (non-hydrogen) atoms. The Balaban J connectivity index is 2.59. The maximum Gasteiger partial charge on any atom is 0.0778 e. The van der Waals surface area contributed by atoms with Gasteiger partial charge in [0.25, 0.3) is 0 Å². The third kappa shape index (κ3) is 3.04. The van der Waals surface area contributed by atoms with Gasteiger partial charge in [-0.05, 0) is 31.0 Å². The highest BCUT2D eigenvalue weighted by Gasteiger charge is 2.31. The van der Waals surface area contributed by atoms with E-state index in [1.54, 1.807) is 24.3 Å². The third-order valence-corrected chi connectivity index (χ3v) is 7.26. The van der Waals surface area contributed by atoms with Crippen LogP contribution in [-0.2, 0) is 9.73 Å². The summed E-state index contributed by atoms with van der Waals surface area (Å²) in [6.07, 6.45) is 1.44. The summed E-state index contributed by atoms with van der Waals surface area (Å²) in [5, 5.41) is -1.03. The second-order valence-electron chi connectivity index (χ2n) is 5.99. The van der Waals surface area contributed by atoms with Crippen molar-refractivity contribution in [2.45, 2.75) is 48.6 Å². The lowest BCUT2D eigenvalue weighted by molar-refractivity contribution is 0.627. The molecule has 0 saturated carbocycles. The Hall–Kier alpha value is -0.613. The Morgan fingerprint density at radius 1 is 1.50 bits per heavy atom. The average Bonchev–Trinajstić information content (AvgIpc) is 2.31. The molecule has 0 N–H and O–H groups in total. The molecular formula is C14H23NOSSi. The fourth-order valence-electron chi connectivity index (χ4n) is 2.25. The second-order valence-corrected chi connectivity index (χ2v) is 13.8. The van der Waals surface area contributed by atoms with E-state index < -0.39 is 23.0 Å². The molecule has 0 amide bonds. The lowest BCUT2D eigenvalue weighted by atomic mass is 10.2. The molecule has 1 aliphatic heterocycles. The minimum Gasteiger partial charge on any atom is -0.244 e. The van der Waals surface area contributed by atoms with Crippen LogP contribution in [0.3, 0.4) is 0 Å². The molecular weight excluding hydrogens is 258 g/mol. The standard InChI is InChI=1S/C14H23NOSSi/c1-18(2,3)12-14-10-7-11-15-17(14,16)13-8-5-4-6-9-13/h4-6,8-9,14H,7,10-12H2,1-3H3/t14-,17-/m1/s1/i8D,14D. The zero-order chi connectivity index (χ0) is 15.0. The SMILES string of the molecule is [2H]c1ccccc1[S@]1(=O)=NCCC[C@]1([2H])C[Si](C)(C)C. The zero-order valence-electron chi connectivity index (χ0n) is 13.4. The van der Waals surface area contributed by atoms with Crippen LogP contribution in [0.2, 0.25) is 25.7 Å². The molecule has 2 atom stereocenters. The van der Waals surface area contributed by atoms with Crippen LogP contribution >= 0.6 is 0 Å². The molecule has 0 aromatic heterocycles. The van der Waals surface area contributed by atoms with Gasteiger partial charge in [0.15, 0.2) is 0 Å². The van der Waals surface area contributed by atoms with E-state index in [0.29, 0.717) is 23.9 Å². The van der Waals surface area contributed by atoms with E-state index in [-0.39, 0.29) is 6.04 Å². The Labute approximate surface area is 115 Å². The second kappa shape index (κ2) is 5.17. The topological polar surface area (TPSA) is 29.4 Å². The maximum atomic E-state index is 13.5. The lowest BCUT2D eigenvalue weighted by Crippen LogP contribution is -2.34. The minimum absolute atomic E-state index is 0.246. The first-order valence-electron chi connectivity index (χ1n) is 7.46. The molecule has 0 aliphatic carbocycles. The molecule has 4 heteroatoms. The molecule has 0 spiro atoms. The quantitative estimate of drug-likeness (QED) is 0.771. The molecule has 1 aliphatic rings. The number of hydrogen-bond acceptors (Lipinski definition) is 2. The van der Waals surface area contributed by atoms with Gasteiger partial charge in [0.05, 0.1) is 11.1 Å². The van der Waals surface area contributed by atoms with Gasteiger partial charge < -0.3 is 0 Å². The van der Waals surface area contributed by atoms with E-state index in [1.807, 2.05) is 0 Å². The summed E-state index contributed by atoms with van der Waals surface area (Å²) in [6, 6.07) is 7.82. The Morgan fingerprint density at radius 2 is 2.28 bits per heavy atom. The van der Waals surface area contributed by atoms with Gasteiger partial charge >= 0.3 is 0 Å². The summed E-state index contributed by atoms with van der Waals surface area (Å²) in [5.74, 6) is 0. The lowest BCUT2D eigenvalue weighted by Gasteiger charge is -2.30. The highest BCUT2D eigenvalue weighted by molar-refractivity contribution is 7.94. The van der Waals surface area contributed by atoms with Crippen molar-refractivity contribution < 1.29 is 6.95 Å². The Morgan fingerprint density at radius 3 is 2.94 bits per heavy atom. The summed E-state index contributed by atoms with van der Waals surface area (Å²) in [4.78, 5) is 0.452. The Kier molecular flexibility index (Phi) is 3.23. The van der Waals surface area contributed by atoms with Gasteiger partial charge in [-0.25, -0.2) is 8.57 Å². The van der Waals surface area contributed by atoms with Gasteiger partial charge in [-0.2, -0.15) is 0 Å². The van der Waals surface area contributed by atoms with Crippen LogP contribution in [0.15, 0.2) is 39.6 Å². The fourth-order valence-corrected chi connectivity index (χ4v) is 7.62. The first-order valence-corrected chi connectivity index (χ1v) is 11.7. The molecule has 1 aromatic rings. The minimum atomic E-state index is -2.83. The van der Waals surface area contributed by atoms with Crippen LogP contribution in [0.25, 0.3) is 0 Å². The van der Waals surface area contributed by atoms with Crippen molar-refractivity contribution >= 4 is 17.8 Å². The van der Waals surface area contributed by atoms with Crippen LogP contribution in [-0.4, -0.2) is 24.1 Å². The van der Waals surface area contributed by atoms with E-state index in [0.717, 1.165) is 6.42 Å². The zero-order valence-corrected chi connectivity index (χ0v) is 13.2. The van der Waals surface area contributed by atoms with E-state index in [1.165, 1.54) is 0 Å². The predicted octanol–water partition coefficient (Wildman–Crippen LogP) is 4.01. The summed E-state index contributed by atoms with van der Waals surface area (Å²) < 4.78 is 34.8. The van der Waals surface area contributed by atoms with Gasteiger partial charge in [0.1, 0.15) is 0 Å². The molecule has 2 rings (SSSR count). The van der Waals surface area contributed by atoms with Crippen molar-refractivity contribution in [2.24, 2.45) is 4.36 Å². The molecule has 1 aromatic carbocycles. The van der Waals surface area contributed by atoms with Gasteiger partial charge in [-0.1, -0.05) is 37.8 Å². The predicted molar refractivity (Wildman–Crippen MR) is 81.3 cm³/mol. The van der Waals surface area contributed by atoms with E-state index in [2.05, 4.69) is 24.0 Å². The summed E-state index contributed by atoms with van der Waals surface area (Å²) in [6.45, 7) is 7.14. The summed E-state index contributed by atoms with van der Waals surface area (Å²) in [7, 11) is -4.38. The van der Waals surface area contributed by atoms with E-state index in [9.17, 15) is 4.21 Å². The van der Waals surface area contributed by atoms with Crippen molar-refractivity contribution in [1.82, 2.24) is 0 Å². The number of rotatable bonds is 3. The summed E-state index contributed by atoms with van der Waals surface area (Å²) in [5.41, 5.74) is 0.